The molecule has 0 aromatic carbocycles. The van der Waals surface area contributed by atoms with Crippen LogP contribution in [0.5, 0.6) is 0 Å². The molecule has 1 aliphatic rings. The van der Waals surface area contributed by atoms with Crippen LogP contribution in [0.4, 0.5) is 5.13 Å². The number of quaternary nitrogens is 1. The summed E-state index contributed by atoms with van der Waals surface area (Å²) in [6.07, 6.45) is 6.34. The van der Waals surface area contributed by atoms with E-state index in [4.69, 9.17) is 0 Å². The van der Waals surface area contributed by atoms with Crippen LogP contribution in [0.3, 0.4) is 0 Å². The van der Waals surface area contributed by atoms with E-state index in [0.29, 0.717) is 0 Å². The van der Waals surface area contributed by atoms with E-state index < -0.39 is 0 Å². The number of hydrogen-bond donors (Lipinski definition) is 1. The third-order valence-electron chi connectivity index (χ3n) is 2.58. The van der Waals surface area contributed by atoms with Crippen molar-refractivity contribution >= 4 is 33.9 Å². The molecule has 0 saturated heterocycles. The van der Waals surface area contributed by atoms with E-state index in [2.05, 4.69) is 22.4 Å². The molecule has 2 rings (SSSR count). The van der Waals surface area contributed by atoms with Crippen molar-refractivity contribution in [1.29, 1.82) is 0 Å². The highest BCUT2D eigenvalue weighted by Gasteiger charge is 2.09. The molecule has 1 aromatic heterocycles. The molecular formula is C11H18ClN3S2. The predicted octanol–water partition coefficient (Wildman–Crippen LogP) is -0.226. The van der Waals surface area contributed by atoms with Crippen molar-refractivity contribution in [2.45, 2.75) is 44.1 Å². The zero-order chi connectivity index (χ0) is 11.2. The number of hydrogen-bond acceptors (Lipinski definition) is 4. The van der Waals surface area contributed by atoms with Gasteiger partial charge in [-0.3, -0.25) is 0 Å². The second-order valence-corrected chi connectivity index (χ2v) is 6.02. The van der Waals surface area contributed by atoms with Crippen LogP contribution in [0, 0.1) is 0 Å². The zero-order valence-corrected chi connectivity index (χ0v) is 12.4. The number of rotatable bonds is 4. The predicted molar refractivity (Wildman–Crippen MR) is 70.6 cm³/mol. The Labute approximate surface area is 117 Å². The molecule has 0 atom stereocenters. The fourth-order valence-corrected chi connectivity index (χ4v) is 3.25. The quantitative estimate of drug-likeness (QED) is 0.473. The number of thiazole rings is 1. The van der Waals surface area contributed by atoms with Crippen LogP contribution in [-0.2, 0) is 0 Å². The molecule has 96 valence electrons. The summed E-state index contributed by atoms with van der Waals surface area (Å²) in [5, 5.41) is 8.83. The minimum absolute atomic E-state index is 0. The third kappa shape index (κ3) is 4.95. The first kappa shape index (κ1) is 15.0. The van der Waals surface area contributed by atoms with Crippen molar-refractivity contribution in [3.8, 4) is 0 Å². The molecule has 0 amide bonds. The highest BCUT2D eigenvalue weighted by molar-refractivity contribution is 7.99. The van der Waals surface area contributed by atoms with E-state index in [1.54, 1.807) is 23.1 Å². The van der Waals surface area contributed by atoms with Gasteiger partial charge in [0.15, 0.2) is 0 Å². The van der Waals surface area contributed by atoms with Gasteiger partial charge in [-0.25, -0.2) is 0 Å². The van der Waals surface area contributed by atoms with Crippen LogP contribution >= 0.6 is 23.1 Å². The zero-order valence-electron chi connectivity index (χ0n) is 9.99. The molecule has 0 aliphatic heterocycles. The average Bonchev–Trinajstić information content (AvgIpc) is 2.76. The first-order chi connectivity index (χ1) is 7.88. The Kier molecular flexibility index (Phi) is 7.11. The normalized spacial score (nSPS) is 15.5. The van der Waals surface area contributed by atoms with Gasteiger partial charge in [0, 0.05) is 5.38 Å². The molecule has 1 aliphatic carbocycles. The van der Waals surface area contributed by atoms with Crippen molar-refractivity contribution in [2.75, 3.05) is 5.75 Å². The highest BCUT2D eigenvalue weighted by atomic mass is 35.5. The molecule has 1 fully saturated rings. The lowest BCUT2D eigenvalue weighted by atomic mass is 9.99. The van der Waals surface area contributed by atoms with E-state index in [9.17, 15) is 0 Å². The van der Waals surface area contributed by atoms with Crippen LogP contribution in [0.2, 0.25) is 0 Å². The maximum Gasteiger partial charge on any atom is 0.310 e. The van der Waals surface area contributed by atoms with Crippen LogP contribution in [0.25, 0.3) is 0 Å². The molecule has 1 heterocycles. The molecule has 0 radical (unpaired) electrons. The number of halogens is 1. The van der Waals surface area contributed by atoms with Crippen LogP contribution < -0.4 is 17.8 Å². The molecule has 17 heavy (non-hydrogen) atoms. The van der Waals surface area contributed by atoms with Gasteiger partial charge in [0.1, 0.15) is 5.03 Å². The molecular weight excluding hydrogens is 274 g/mol. The van der Waals surface area contributed by atoms with E-state index in [0.717, 1.165) is 15.9 Å². The summed E-state index contributed by atoms with van der Waals surface area (Å²) in [4.78, 5) is 4.50. The maximum atomic E-state index is 4.56. The van der Waals surface area contributed by atoms with Gasteiger partial charge < -0.3 is 12.4 Å². The minimum Gasteiger partial charge on any atom is -1.00 e. The van der Waals surface area contributed by atoms with Gasteiger partial charge >= 0.3 is 5.13 Å². The van der Waals surface area contributed by atoms with Crippen molar-refractivity contribution < 1.29 is 17.8 Å². The molecule has 1 saturated carbocycles. The smallest absolute Gasteiger partial charge is 0.310 e. The average molecular weight is 292 g/mol. The first-order valence-electron chi connectivity index (χ1n) is 5.85. The fourth-order valence-electron chi connectivity index (χ4n) is 1.78. The summed E-state index contributed by atoms with van der Waals surface area (Å²) >= 11 is 3.47. The summed E-state index contributed by atoms with van der Waals surface area (Å²) in [5.74, 6) is 1.08. The summed E-state index contributed by atoms with van der Waals surface area (Å²) in [6, 6.07) is 0. The molecule has 0 bridgehead atoms. The van der Waals surface area contributed by atoms with Crippen molar-refractivity contribution in [3.05, 3.63) is 5.38 Å². The van der Waals surface area contributed by atoms with Gasteiger partial charge in [-0.2, -0.15) is 10.4 Å². The largest absolute Gasteiger partial charge is 1.00 e. The van der Waals surface area contributed by atoms with Gasteiger partial charge in [-0.05, 0) is 31.4 Å². The van der Waals surface area contributed by atoms with Crippen molar-refractivity contribution in [2.24, 2.45) is 5.10 Å². The van der Waals surface area contributed by atoms with Gasteiger partial charge in [0.2, 0.25) is 0 Å². The van der Waals surface area contributed by atoms with Crippen molar-refractivity contribution in [3.63, 3.8) is 0 Å². The molecule has 3 nitrogen and oxygen atoms in total. The van der Waals surface area contributed by atoms with E-state index in [1.165, 1.54) is 37.8 Å². The number of thioether (sulfide) groups is 1. The summed E-state index contributed by atoms with van der Waals surface area (Å²) < 4.78 is 0. The Morgan fingerprint density at radius 2 is 2.18 bits per heavy atom. The van der Waals surface area contributed by atoms with Crippen LogP contribution in [0.15, 0.2) is 15.5 Å². The van der Waals surface area contributed by atoms with Crippen LogP contribution in [0.1, 0.15) is 39.0 Å². The fraction of sp³-hybridized carbons (Fsp3) is 0.636. The van der Waals surface area contributed by atoms with Gasteiger partial charge in [0.25, 0.3) is 0 Å². The standard InChI is InChI=1S/C11H17N3S2.ClH/c1-2-15-10-8-16-11(12-10)14-13-9-6-4-3-5-7-9;/h8H,2-7H2,1H3,(H,12,14);1H. The number of aromatic nitrogens is 1. The van der Waals surface area contributed by atoms with Gasteiger partial charge in [-0.15, -0.1) is 11.8 Å². The SMILES string of the molecule is CCSc1csc([NH2+]N=C2CCCCC2)n1.[Cl-]. The van der Waals surface area contributed by atoms with E-state index in [1.807, 2.05) is 5.43 Å². The Hall–Kier alpha value is -0.100. The first-order valence-corrected chi connectivity index (χ1v) is 7.72. The molecule has 0 spiro atoms. The maximum absolute atomic E-state index is 4.56. The lowest BCUT2D eigenvalue weighted by molar-refractivity contribution is -0.577. The Bertz CT molecular complexity index is 357. The Balaban J connectivity index is 0.00000144. The monoisotopic (exact) mass is 291 g/mol. The van der Waals surface area contributed by atoms with Crippen LogP contribution in [-0.4, -0.2) is 16.4 Å². The molecule has 1 aromatic rings. The second kappa shape index (κ2) is 8.08. The number of nitrogens with two attached hydrogens (primary N) is 1. The minimum atomic E-state index is 0. The Morgan fingerprint density at radius 3 is 2.88 bits per heavy atom. The van der Waals surface area contributed by atoms with E-state index in [-0.39, 0.29) is 12.4 Å². The molecule has 0 unspecified atom stereocenters. The number of nitrogens with zero attached hydrogens (tertiary/aromatic N) is 2. The Morgan fingerprint density at radius 1 is 1.41 bits per heavy atom. The summed E-state index contributed by atoms with van der Waals surface area (Å²) in [5.41, 5.74) is 3.29. The van der Waals surface area contributed by atoms with Crippen molar-refractivity contribution in [1.82, 2.24) is 4.98 Å². The third-order valence-corrected chi connectivity index (χ3v) is 4.30. The lowest BCUT2D eigenvalue weighted by Crippen LogP contribution is -3.00. The second-order valence-electron chi connectivity index (χ2n) is 3.84. The highest BCUT2D eigenvalue weighted by Crippen LogP contribution is 2.21. The molecule has 6 heteroatoms. The lowest BCUT2D eigenvalue weighted by Gasteiger charge is -2.09. The summed E-state index contributed by atoms with van der Waals surface area (Å²) in [6.45, 7) is 2.15. The van der Waals surface area contributed by atoms with E-state index >= 15 is 0 Å². The molecule has 2 N–H and O–H groups in total. The van der Waals surface area contributed by atoms with Gasteiger partial charge in [0.05, 0.1) is 5.71 Å². The summed E-state index contributed by atoms with van der Waals surface area (Å²) in [7, 11) is 0. The van der Waals surface area contributed by atoms with Gasteiger partial charge in [-0.1, -0.05) is 29.8 Å². The topological polar surface area (TPSA) is 41.9 Å².